The second-order valence-corrected chi connectivity index (χ2v) is 4.71. The molecule has 0 spiro atoms. The molecule has 21 heavy (non-hydrogen) atoms. The monoisotopic (exact) mass is 288 g/mol. The van der Waals surface area contributed by atoms with Gasteiger partial charge in [0.25, 0.3) is 0 Å². The normalized spacial score (nSPS) is 11.3. The lowest BCUT2D eigenvalue weighted by Crippen LogP contribution is -2.06. The van der Waals surface area contributed by atoms with Gasteiger partial charge in [-0.2, -0.15) is 0 Å². The van der Waals surface area contributed by atoms with Crippen molar-refractivity contribution in [1.82, 2.24) is 0 Å². The minimum absolute atomic E-state index is 0.0315. The van der Waals surface area contributed by atoms with Gasteiger partial charge in [-0.25, -0.2) is 0 Å². The Kier molecular flexibility index (Phi) is 3.04. The Morgan fingerprint density at radius 1 is 0.905 bits per heavy atom. The molecule has 0 unspecified atom stereocenters. The van der Waals surface area contributed by atoms with E-state index < -0.39 is 17.8 Å². The lowest BCUT2D eigenvalue weighted by molar-refractivity contribution is 0.276. The van der Waals surface area contributed by atoms with Crippen LogP contribution in [0.25, 0.3) is 21.9 Å². The van der Waals surface area contributed by atoms with Crippen LogP contribution in [0.1, 0.15) is 11.1 Å². The third kappa shape index (κ3) is 2.01. The van der Waals surface area contributed by atoms with E-state index in [1.807, 2.05) is 0 Å². The Hall–Kier alpha value is -2.57. The van der Waals surface area contributed by atoms with Crippen molar-refractivity contribution in [3.63, 3.8) is 0 Å². The van der Waals surface area contributed by atoms with Crippen molar-refractivity contribution < 1.29 is 24.8 Å². The number of rotatable bonds is 2. The fourth-order valence-electron chi connectivity index (χ4n) is 2.43. The molecule has 0 fully saturated rings. The van der Waals surface area contributed by atoms with Gasteiger partial charge in [0.2, 0.25) is 5.43 Å². The summed E-state index contributed by atoms with van der Waals surface area (Å²) in [5, 5.41) is 38.0. The second kappa shape index (κ2) is 4.76. The maximum atomic E-state index is 12.5. The molecule has 6 nitrogen and oxygen atoms in total. The van der Waals surface area contributed by atoms with Gasteiger partial charge in [0.15, 0.2) is 0 Å². The van der Waals surface area contributed by atoms with Crippen molar-refractivity contribution in [2.24, 2.45) is 0 Å². The van der Waals surface area contributed by atoms with Crippen LogP contribution in [0.15, 0.2) is 33.5 Å². The lowest BCUT2D eigenvalue weighted by atomic mass is 10.0. The first-order chi connectivity index (χ1) is 10.0. The number of phenols is 2. The van der Waals surface area contributed by atoms with Crippen molar-refractivity contribution in [2.45, 2.75) is 13.2 Å². The highest BCUT2D eigenvalue weighted by Gasteiger charge is 2.16. The van der Waals surface area contributed by atoms with Crippen LogP contribution in [0, 0.1) is 0 Å². The summed E-state index contributed by atoms with van der Waals surface area (Å²) in [5.74, 6) is -0.626. The minimum atomic E-state index is -0.503. The molecule has 0 aliphatic rings. The van der Waals surface area contributed by atoms with E-state index >= 15 is 0 Å². The summed E-state index contributed by atoms with van der Waals surface area (Å²) in [5.41, 5.74) is 0.493. The highest BCUT2D eigenvalue weighted by Crippen LogP contribution is 2.31. The molecule has 0 amide bonds. The Morgan fingerprint density at radius 2 is 1.62 bits per heavy atom. The summed E-state index contributed by atoms with van der Waals surface area (Å²) in [6.45, 7) is -0.671. The van der Waals surface area contributed by atoms with Crippen molar-refractivity contribution in [3.05, 3.63) is 45.6 Å². The van der Waals surface area contributed by atoms with Crippen LogP contribution in [0.4, 0.5) is 0 Å². The van der Waals surface area contributed by atoms with Crippen LogP contribution in [0.3, 0.4) is 0 Å². The van der Waals surface area contributed by atoms with Crippen LogP contribution in [-0.2, 0) is 13.2 Å². The molecule has 0 aliphatic carbocycles. The van der Waals surface area contributed by atoms with E-state index in [0.717, 1.165) is 6.07 Å². The molecular formula is C15H12O6. The quantitative estimate of drug-likeness (QED) is 0.530. The smallest absolute Gasteiger partial charge is 0.204 e. The standard InChI is InChI=1S/C15H12O6/c16-5-7-1-8(6-17)13-11(2-7)21-12-4-9(18)3-10(19)14(12)15(13)20/h1-4,16-19H,5-6H2. The minimum Gasteiger partial charge on any atom is -0.508 e. The van der Waals surface area contributed by atoms with E-state index in [0.29, 0.717) is 11.1 Å². The fraction of sp³-hybridized carbons (Fsp3) is 0.133. The van der Waals surface area contributed by atoms with Gasteiger partial charge >= 0.3 is 0 Å². The molecule has 6 heteroatoms. The van der Waals surface area contributed by atoms with Crippen LogP contribution >= 0.6 is 0 Å². The van der Waals surface area contributed by atoms with Crippen LogP contribution in [-0.4, -0.2) is 20.4 Å². The zero-order valence-electron chi connectivity index (χ0n) is 10.8. The average Bonchev–Trinajstić information content (AvgIpc) is 2.44. The van der Waals surface area contributed by atoms with E-state index in [2.05, 4.69) is 0 Å². The molecule has 1 aromatic heterocycles. The van der Waals surface area contributed by atoms with Gasteiger partial charge in [-0.05, 0) is 17.2 Å². The van der Waals surface area contributed by atoms with E-state index in [1.165, 1.54) is 18.2 Å². The zero-order chi connectivity index (χ0) is 15.1. The van der Waals surface area contributed by atoms with Gasteiger partial charge in [-0.3, -0.25) is 4.79 Å². The molecule has 0 radical (unpaired) electrons. The van der Waals surface area contributed by atoms with Crippen molar-refractivity contribution in [1.29, 1.82) is 0 Å². The topological polar surface area (TPSA) is 111 Å². The first kappa shape index (κ1) is 13.4. The molecule has 0 saturated carbocycles. The van der Waals surface area contributed by atoms with E-state index in [-0.39, 0.29) is 34.3 Å². The number of hydrogen-bond acceptors (Lipinski definition) is 6. The number of fused-ring (bicyclic) bond motifs is 2. The molecule has 4 N–H and O–H groups in total. The fourth-order valence-corrected chi connectivity index (χ4v) is 2.43. The number of aliphatic hydroxyl groups excluding tert-OH is 2. The van der Waals surface area contributed by atoms with Crippen molar-refractivity contribution in [2.75, 3.05) is 0 Å². The molecule has 108 valence electrons. The molecule has 3 aromatic rings. The average molecular weight is 288 g/mol. The Bertz CT molecular complexity index is 910. The number of hydrogen-bond donors (Lipinski definition) is 4. The number of phenolic OH excluding ortho intramolecular Hbond substituents is 2. The van der Waals surface area contributed by atoms with Gasteiger partial charge in [0.1, 0.15) is 28.1 Å². The van der Waals surface area contributed by atoms with Gasteiger partial charge in [0.05, 0.1) is 18.6 Å². The third-order valence-electron chi connectivity index (χ3n) is 3.34. The predicted octanol–water partition coefficient (Wildman–Crippen LogP) is 1.34. The molecule has 1 heterocycles. The lowest BCUT2D eigenvalue weighted by Gasteiger charge is -2.08. The summed E-state index contributed by atoms with van der Waals surface area (Å²) in [6, 6.07) is 5.25. The summed E-state index contributed by atoms with van der Waals surface area (Å²) in [7, 11) is 0. The molecular weight excluding hydrogens is 276 g/mol. The van der Waals surface area contributed by atoms with Crippen LogP contribution in [0.2, 0.25) is 0 Å². The summed E-state index contributed by atoms with van der Waals surface area (Å²) in [6.07, 6.45) is 0. The molecule has 0 atom stereocenters. The maximum absolute atomic E-state index is 12.5. The highest BCUT2D eigenvalue weighted by molar-refractivity contribution is 5.95. The van der Waals surface area contributed by atoms with Crippen LogP contribution in [0.5, 0.6) is 11.5 Å². The SMILES string of the molecule is O=c1c2c(O)cc(O)cc2oc2cc(CO)cc(CO)c12. The number of benzene rings is 2. The summed E-state index contributed by atoms with van der Waals surface area (Å²) < 4.78 is 5.53. The molecule has 0 saturated heterocycles. The maximum Gasteiger partial charge on any atom is 0.204 e. The molecule has 0 aliphatic heterocycles. The number of aromatic hydroxyl groups is 2. The Morgan fingerprint density at radius 3 is 2.29 bits per heavy atom. The zero-order valence-corrected chi connectivity index (χ0v) is 10.8. The third-order valence-corrected chi connectivity index (χ3v) is 3.34. The van der Waals surface area contributed by atoms with Crippen LogP contribution < -0.4 is 5.43 Å². The highest BCUT2D eigenvalue weighted by atomic mass is 16.3. The van der Waals surface area contributed by atoms with Crippen molar-refractivity contribution in [3.8, 4) is 11.5 Å². The second-order valence-electron chi connectivity index (χ2n) is 4.71. The van der Waals surface area contributed by atoms with Gasteiger partial charge in [-0.15, -0.1) is 0 Å². The first-order valence-corrected chi connectivity index (χ1v) is 6.21. The van der Waals surface area contributed by atoms with Crippen molar-refractivity contribution >= 4 is 21.9 Å². The van der Waals surface area contributed by atoms with E-state index in [9.17, 15) is 25.2 Å². The first-order valence-electron chi connectivity index (χ1n) is 6.21. The number of aliphatic hydroxyl groups is 2. The van der Waals surface area contributed by atoms with Gasteiger partial charge < -0.3 is 24.8 Å². The largest absolute Gasteiger partial charge is 0.508 e. The Labute approximate surface area is 118 Å². The molecule has 3 rings (SSSR count). The Balaban J connectivity index is 2.56. The van der Waals surface area contributed by atoms with Gasteiger partial charge in [0, 0.05) is 12.1 Å². The summed E-state index contributed by atoms with van der Waals surface area (Å²) in [4.78, 5) is 12.5. The molecule has 2 aromatic carbocycles. The molecule has 0 bridgehead atoms. The van der Waals surface area contributed by atoms with Gasteiger partial charge in [-0.1, -0.05) is 6.07 Å². The predicted molar refractivity (Wildman–Crippen MR) is 75.2 cm³/mol. The summed E-state index contributed by atoms with van der Waals surface area (Å²) >= 11 is 0. The van der Waals surface area contributed by atoms with E-state index in [1.54, 1.807) is 0 Å². The van der Waals surface area contributed by atoms with E-state index in [4.69, 9.17) is 4.42 Å².